The van der Waals surface area contributed by atoms with Crippen LogP contribution in [-0.4, -0.2) is 5.78 Å². The molecule has 0 N–H and O–H groups in total. The molecule has 2 aromatic rings. The van der Waals surface area contributed by atoms with Crippen LogP contribution in [-0.2, 0) is 6.42 Å². The Bertz CT molecular complexity index is 608. The highest BCUT2D eigenvalue weighted by Gasteiger charge is 2.26. The van der Waals surface area contributed by atoms with Gasteiger partial charge in [0.2, 0.25) is 0 Å². The number of halogens is 1. The van der Waals surface area contributed by atoms with Gasteiger partial charge in [-0.3, -0.25) is 4.79 Å². The average molecular weight is 305 g/mol. The van der Waals surface area contributed by atoms with E-state index >= 15 is 0 Å². The molecule has 0 aliphatic heterocycles. The molecule has 0 unspecified atom stereocenters. The third-order valence-electron chi connectivity index (χ3n) is 3.40. The maximum atomic E-state index is 11.8. The number of Topliss-reactive ketones (excluding diaryl/α,β-unsaturated/α-hetero) is 1. The first-order chi connectivity index (χ1) is 8.66. The van der Waals surface area contributed by atoms with Crippen molar-refractivity contribution in [2.24, 2.45) is 0 Å². The molecule has 0 saturated carbocycles. The molecule has 1 aliphatic rings. The maximum absolute atomic E-state index is 11.8. The lowest BCUT2D eigenvalue weighted by Crippen LogP contribution is -2.08. The van der Waals surface area contributed by atoms with Crippen molar-refractivity contribution in [3.63, 3.8) is 0 Å². The average Bonchev–Trinajstić information content (AvgIpc) is 2.69. The quantitative estimate of drug-likeness (QED) is 0.774. The van der Waals surface area contributed by atoms with Crippen LogP contribution in [0.3, 0.4) is 0 Å². The highest BCUT2D eigenvalue weighted by molar-refractivity contribution is 9.10. The van der Waals surface area contributed by atoms with Crippen molar-refractivity contribution >= 4 is 21.7 Å². The Hall–Kier alpha value is -1.35. The summed E-state index contributed by atoms with van der Waals surface area (Å²) in [4.78, 5) is 11.8. The molecule has 0 spiro atoms. The fourth-order valence-corrected chi connectivity index (χ4v) is 2.85. The van der Waals surface area contributed by atoms with Crippen molar-refractivity contribution in [1.29, 1.82) is 0 Å². The normalized spacial score (nSPS) is 14.7. The van der Waals surface area contributed by atoms with E-state index in [9.17, 15) is 4.79 Å². The van der Waals surface area contributed by atoms with Gasteiger partial charge >= 0.3 is 0 Å². The Morgan fingerprint density at radius 1 is 1.17 bits per heavy atom. The Morgan fingerprint density at radius 3 is 2.61 bits per heavy atom. The Morgan fingerprint density at radius 2 is 1.89 bits per heavy atom. The zero-order valence-electron chi connectivity index (χ0n) is 10.1. The van der Waals surface area contributed by atoms with Gasteiger partial charge in [-0.25, -0.2) is 0 Å². The van der Waals surface area contributed by atoms with Gasteiger partial charge in [-0.1, -0.05) is 28.1 Å². The van der Waals surface area contributed by atoms with Gasteiger partial charge in [-0.2, -0.15) is 0 Å². The van der Waals surface area contributed by atoms with Crippen LogP contribution in [0, 0.1) is 6.92 Å². The van der Waals surface area contributed by atoms with E-state index in [2.05, 4.69) is 28.1 Å². The molecule has 1 heterocycles. The van der Waals surface area contributed by atoms with E-state index in [1.807, 2.05) is 19.1 Å². The number of hydrogen-bond acceptors (Lipinski definition) is 2. The van der Waals surface area contributed by atoms with Crippen molar-refractivity contribution < 1.29 is 9.21 Å². The van der Waals surface area contributed by atoms with Crippen molar-refractivity contribution in [2.75, 3.05) is 0 Å². The van der Waals surface area contributed by atoms with E-state index in [0.717, 1.165) is 39.8 Å². The third-order valence-corrected chi connectivity index (χ3v) is 3.93. The molecular formula is C15H13BrO2. The van der Waals surface area contributed by atoms with Crippen LogP contribution in [0.1, 0.15) is 34.7 Å². The van der Waals surface area contributed by atoms with E-state index in [1.165, 1.54) is 0 Å². The summed E-state index contributed by atoms with van der Waals surface area (Å²) in [6.45, 7) is 1.93. The first kappa shape index (κ1) is 11.7. The molecule has 1 aromatic carbocycles. The SMILES string of the molecule is Cc1oc2c(c1-c1ccc(Br)cc1)CCCC2=O. The molecule has 18 heavy (non-hydrogen) atoms. The molecule has 0 atom stereocenters. The summed E-state index contributed by atoms with van der Waals surface area (Å²) >= 11 is 3.43. The molecular weight excluding hydrogens is 292 g/mol. The number of furan rings is 1. The second-order valence-corrected chi connectivity index (χ2v) is 5.54. The minimum Gasteiger partial charge on any atom is -0.457 e. The minimum atomic E-state index is 0.141. The van der Waals surface area contributed by atoms with Crippen molar-refractivity contribution in [2.45, 2.75) is 26.2 Å². The number of rotatable bonds is 1. The molecule has 0 radical (unpaired) electrons. The van der Waals surface area contributed by atoms with Gasteiger partial charge in [-0.15, -0.1) is 0 Å². The van der Waals surface area contributed by atoms with Crippen LogP contribution in [0.25, 0.3) is 11.1 Å². The van der Waals surface area contributed by atoms with E-state index < -0.39 is 0 Å². The molecule has 2 nitrogen and oxygen atoms in total. The van der Waals surface area contributed by atoms with Gasteiger partial charge in [0, 0.05) is 22.0 Å². The summed E-state index contributed by atoms with van der Waals surface area (Å²) in [5, 5.41) is 0. The molecule has 0 amide bonds. The summed E-state index contributed by atoms with van der Waals surface area (Å²) in [5.74, 6) is 1.57. The minimum absolute atomic E-state index is 0.141. The number of ketones is 1. The van der Waals surface area contributed by atoms with Crippen molar-refractivity contribution in [3.05, 3.63) is 45.8 Å². The number of carbonyl (C=O) groups is 1. The predicted molar refractivity (Wildman–Crippen MR) is 73.8 cm³/mol. The van der Waals surface area contributed by atoms with Crippen LogP contribution in [0.15, 0.2) is 33.2 Å². The van der Waals surface area contributed by atoms with Crippen LogP contribution < -0.4 is 0 Å². The monoisotopic (exact) mass is 304 g/mol. The van der Waals surface area contributed by atoms with Gasteiger partial charge < -0.3 is 4.42 Å². The Kier molecular flexibility index (Phi) is 2.86. The summed E-state index contributed by atoms with van der Waals surface area (Å²) in [6, 6.07) is 8.14. The van der Waals surface area contributed by atoms with Crippen LogP contribution in [0.2, 0.25) is 0 Å². The van der Waals surface area contributed by atoms with Crippen LogP contribution in [0.5, 0.6) is 0 Å². The number of carbonyl (C=O) groups excluding carboxylic acids is 1. The number of aryl methyl sites for hydroxylation is 1. The fourth-order valence-electron chi connectivity index (χ4n) is 2.59. The van der Waals surface area contributed by atoms with Gasteiger partial charge in [0.15, 0.2) is 11.5 Å². The van der Waals surface area contributed by atoms with E-state index in [1.54, 1.807) is 0 Å². The zero-order chi connectivity index (χ0) is 12.7. The standard InChI is InChI=1S/C15H13BrO2/c1-9-14(10-5-7-11(16)8-6-10)12-3-2-4-13(17)15(12)18-9/h5-8H,2-4H2,1H3. The molecule has 3 rings (SSSR count). The molecule has 0 bridgehead atoms. The summed E-state index contributed by atoms with van der Waals surface area (Å²) in [6.07, 6.45) is 2.47. The zero-order valence-corrected chi connectivity index (χ0v) is 11.7. The molecule has 92 valence electrons. The summed E-state index contributed by atoms with van der Waals surface area (Å²) in [5.41, 5.74) is 3.31. The third kappa shape index (κ3) is 1.83. The Balaban J connectivity index is 2.18. The smallest absolute Gasteiger partial charge is 0.198 e. The lowest BCUT2D eigenvalue weighted by Gasteiger charge is -2.10. The van der Waals surface area contributed by atoms with Crippen LogP contribution in [0.4, 0.5) is 0 Å². The number of hydrogen-bond donors (Lipinski definition) is 0. The second-order valence-electron chi connectivity index (χ2n) is 4.62. The van der Waals surface area contributed by atoms with Crippen molar-refractivity contribution in [3.8, 4) is 11.1 Å². The van der Waals surface area contributed by atoms with Crippen LogP contribution >= 0.6 is 15.9 Å². The lowest BCUT2D eigenvalue weighted by atomic mass is 9.91. The largest absolute Gasteiger partial charge is 0.457 e. The highest BCUT2D eigenvalue weighted by atomic mass is 79.9. The summed E-state index contributed by atoms with van der Waals surface area (Å²) < 4.78 is 6.73. The van der Waals surface area contributed by atoms with Gasteiger partial charge in [0.25, 0.3) is 0 Å². The predicted octanol–water partition coefficient (Wildman–Crippen LogP) is 4.54. The molecule has 0 saturated heterocycles. The molecule has 1 aromatic heterocycles. The fraction of sp³-hybridized carbons (Fsp3) is 0.267. The van der Waals surface area contributed by atoms with Gasteiger partial charge in [0.05, 0.1) is 0 Å². The highest BCUT2D eigenvalue weighted by Crippen LogP contribution is 2.36. The van der Waals surface area contributed by atoms with Gasteiger partial charge in [-0.05, 0) is 37.5 Å². The number of benzene rings is 1. The maximum Gasteiger partial charge on any atom is 0.198 e. The van der Waals surface area contributed by atoms with Gasteiger partial charge in [0.1, 0.15) is 5.76 Å². The van der Waals surface area contributed by atoms with Crippen molar-refractivity contribution in [1.82, 2.24) is 0 Å². The second kappa shape index (κ2) is 4.39. The number of fused-ring (bicyclic) bond motifs is 1. The van der Waals surface area contributed by atoms with E-state index in [-0.39, 0.29) is 5.78 Å². The van der Waals surface area contributed by atoms with E-state index in [4.69, 9.17) is 4.42 Å². The first-order valence-corrected chi connectivity index (χ1v) is 6.87. The molecule has 3 heteroatoms. The lowest BCUT2D eigenvalue weighted by molar-refractivity contribution is 0.0942. The Labute approximate surface area is 114 Å². The molecule has 0 fully saturated rings. The topological polar surface area (TPSA) is 30.2 Å². The van der Waals surface area contributed by atoms with E-state index in [0.29, 0.717) is 12.2 Å². The first-order valence-electron chi connectivity index (χ1n) is 6.08. The molecule has 1 aliphatic carbocycles. The summed E-state index contributed by atoms with van der Waals surface area (Å²) in [7, 11) is 0.